The van der Waals surface area contributed by atoms with Crippen LogP contribution in [-0.2, 0) is 15.0 Å². The average molecular weight is 391 g/mol. The smallest absolute Gasteiger partial charge is 0.242 e. The third-order valence-electron chi connectivity index (χ3n) is 5.93. The van der Waals surface area contributed by atoms with Crippen molar-refractivity contribution in [1.82, 2.24) is 10.2 Å². The number of carbonyl (C=O) groups excluding carboxylic acids is 2. The third-order valence-corrected chi connectivity index (χ3v) is 6.18. The second-order valence-electron chi connectivity index (χ2n) is 9.34. The highest BCUT2D eigenvalue weighted by Gasteiger charge is 2.41. The molecule has 27 heavy (non-hydrogen) atoms. The van der Waals surface area contributed by atoms with Crippen LogP contribution in [0.2, 0.25) is 5.02 Å². The second kappa shape index (κ2) is 7.83. The van der Waals surface area contributed by atoms with Gasteiger partial charge in [0.15, 0.2) is 0 Å². The van der Waals surface area contributed by atoms with Crippen molar-refractivity contribution in [3.8, 4) is 0 Å². The molecule has 1 heterocycles. The molecule has 1 saturated heterocycles. The minimum Gasteiger partial charge on any atom is -0.353 e. The highest BCUT2D eigenvalue weighted by atomic mass is 35.5. The predicted molar refractivity (Wildman–Crippen MR) is 109 cm³/mol. The maximum absolute atomic E-state index is 12.9. The summed E-state index contributed by atoms with van der Waals surface area (Å²) in [5.74, 6) is 0.0891. The van der Waals surface area contributed by atoms with Crippen LogP contribution < -0.4 is 5.32 Å². The minimum absolute atomic E-state index is 0.00463. The van der Waals surface area contributed by atoms with Crippen molar-refractivity contribution in [2.75, 3.05) is 13.1 Å². The average Bonchev–Trinajstić information content (AvgIpc) is 3.03. The normalized spacial score (nSPS) is 21.6. The lowest BCUT2D eigenvalue weighted by atomic mass is 9.64. The summed E-state index contributed by atoms with van der Waals surface area (Å²) in [6.07, 6.45) is 5.47. The van der Waals surface area contributed by atoms with E-state index in [1.54, 1.807) is 4.90 Å². The second-order valence-corrected chi connectivity index (χ2v) is 9.78. The molecule has 1 aromatic rings. The third kappa shape index (κ3) is 4.66. The van der Waals surface area contributed by atoms with Gasteiger partial charge in [0, 0.05) is 29.9 Å². The van der Waals surface area contributed by atoms with Crippen LogP contribution in [0.3, 0.4) is 0 Å². The highest BCUT2D eigenvalue weighted by molar-refractivity contribution is 6.30. The fraction of sp³-hybridized carbons (Fsp3) is 0.636. The summed E-state index contributed by atoms with van der Waals surface area (Å²) < 4.78 is 0. The summed E-state index contributed by atoms with van der Waals surface area (Å²) >= 11 is 6.02. The van der Waals surface area contributed by atoms with Gasteiger partial charge in [-0.25, -0.2) is 0 Å². The van der Waals surface area contributed by atoms with Crippen molar-refractivity contribution in [3.63, 3.8) is 0 Å². The van der Waals surface area contributed by atoms with Crippen LogP contribution in [0.1, 0.15) is 64.9 Å². The Bertz CT molecular complexity index is 689. The van der Waals surface area contributed by atoms with Crippen molar-refractivity contribution < 1.29 is 9.59 Å². The van der Waals surface area contributed by atoms with Gasteiger partial charge < -0.3 is 10.2 Å². The lowest BCUT2D eigenvalue weighted by Gasteiger charge is -2.43. The Labute approximate surface area is 167 Å². The van der Waals surface area contributed by atoms with Crippen molar-refractivity contribution in [2.24, 2.45) is 5.41 Å². The van der Waals surface area contributed by atoms with E-state index in [1.165, 1.54) is 12.0 Å². The first kappa shape index (κ1) is 20.2. The Morgan fingerprint density at radius 3 is 2.41 bits per heavy atom. The number of likely N-dealkylation sites (tertiary alicyclic amines) is 1. The van der Waals surface area contributed by atoms with Crippen molar-refractivity contribution in [3.05, 3.63) is 34.9 Å². The van der Waals surface area contributed by atoms with E-state index in [1.807, 2.05) is 12.1 Å². The molecule has 1 atom stereocenters. The van der Waals surface area contributed by atoms with Crippen molar-refractivity contribution in [1.29, 1.82) is 0 Å². The van der Waals surface area contributed by atoms with E-state index in [-0.39, 0.29) is 28.7 Å². The van der Waals surface area contributed by atoms with Crippen LogP contribution in [0.5, 0.6) is 0 Å². The first-order valence-electron chi connectivity index (χ1n) is 10.0. The van der Waals surface area contributed by atoms with Gasteiger partial charge in [0.1, 0.15) is 6.04 Å². The molecule has 1 aliphatic carbocycles. The number of amides is 2. The fourth-order valence-corrected chi connectivity index (χ4v) is 4.37. The molecule has 1 unspecified atom stereocenters. The molecule has 2 fully saturated rings. The Morgan fingerprint density at radius 1 is 1.19 bits per heavy atom. The van der Waals surface area contributed by atoms with E-state index < -0.39 is 0 Å². The van der Waals surface area contributed by atoms with E-state index in [4.69, 9.17) is 11.6 Å². The zero-order valence-corrected chi connectivity index (χ0v) is 17.4. The number of rotatable bonds is 5. The molecule has 0 radical (unpaired) electrons. The lowest BCUT2D eigenvalue weighted by Crippen LogP contribution is -2.51. The maximum atomic E-state index is 12.9. The largest absolute Gasteiger partial charge is 0.353 e. The zero-order chi connectivity index (χ0) is 19.7. The van der Waals surface area contributed by atoms with Crippen LogP contribution >= 0.6 is 11.6 Å². The molecule has 1 saturated carbocycles. The van der Waals surface area contributed by atoms with Gasteiger partial charge in [0.2, 0.25) is 11.8 Å². The zero-order valence-electron chi connectivity index (χ0n) is 16.7. The van der Waals surface area contributed by atoms with E-state index >= 15 is 0 Å². The highest BCUT2D eigenvalue weighted by Crippen LogP contribution is 2.43. The molecule has 148 valence electrons. The number of hydrogen-bond acceptors (Lipinski definition) is 2. The monoisotopic (exact) mass is 390 g/mol. The molecule has 2 amide bonds. The minimum atomic E-state index is -0.317. The fourth-order valence-electron chi connectivity index (χ4n) is 4.24. The van der Waals surface area contributed by atoms with Gasteiger partial charge >= 0.3 is 0 Å². The number of carbonyl (C=O) groups is 2. The first-order chi connectivity index (χ1) is 12.7. The van der Waals surface area contributed by atoms with E-state index in [0.29, 0.717) is 19.5 Å². The summed E-state index contributed by atoms with van der Waals surface area (Å²) in [6, 6.07) is 7.66. The van der Waals surface area contributed by atoms with Gasteiger partial charge in [0.05, 0.1) is 0 Å². The summed E-state index contributed by atoms with van der Waals surface area (Å²) in [5.41, 5.74) is 1.19. The molecule has 1 N–H and O–H groups in total. The molecule has 1 aromatic carbocycles. The van der Waals surface area contributed by atoms with Crippen LogP contribution in [0.4, 0.5) is 0 Å². The molecule has 4 nitrogen and oxygen atoms in total. The molecule has 2 aliphatic rings. The molecular formula is C22H31ClN2O2. The number of nitrogens with one attached hydrogen (secondary N) is 1. The Hall–Kier alpha value is -1.55. The topological polar surface area (TPSA) is 49.4 Å². The molecular weight excluding hydrogens is 360 g/mol. The van der Waals surface area contributed by atoms with E-state index in [2.05, 4.69) is 38.2 Å². The van der Waals surface area contributed by atoms with Crippen molar-refractivity contribution in [2.45, 2.75) is 70.8 Å². The molecule has 0 aromatic heterocycles. The number of hydrogen-bond donors (Lipinski definition) is 1. The van der Waals surface area contributed by atoms with Crippen LogP contribution in [0.25, 0.3) is 0 Å². The molecule has 1 aliphatic heterocycles. The van der Waals surface area contributed by atoms with Gasteiger partial charge in [-0.05, 0) is 48.8 Å². The van der Waals surface area contributed by atoms with Gasteiger partial charge in [-0.3, -0.25) is 9.59 Å². The Morgan fingerprint density at radius 2 is 1.85 bits per heavy atom. The first-order valence-corrected chi connectivity index (χ1v) is 10.4. The van der Waals surface area contributed by atoms with Crippen LogP contribution in [0, 0.1) is 5.41 Å². The maximum Gasteiger partial charge on any atom is 0.242 e. The van der Waals surface area contributed by atoms with E-state index in [0.717, 1.165) is 30.7 Å². The van der Waals surface area contributed by atoms with E-state index in [9.17, 15) is 9.59 Å². The van der Waals surface area contributed by atoms with Crippen LogP contribution in [0.15, 0.2) is 24.3 Å². The van der Waals surface area contributed by atoms with Gasteiger partial charge in [-0.2, -0.15) is 0 Å². The molecule has 5 heteroatoms. The quantitative estimate of drug-likeness (QED) is 0.814. The van der Waals surface area contributed by atoms with Gasteiger partial charge in [-0.1, -0.05) is 50.9 Å². The SMILES string of the molecule is CC(C)(C)CC(=O)N1CCCC1C(=O)NCC1(c2ccc(Cl)cc2)CCC1. The number of benzene rings is 1. The summed E-state index contributed by atoms with van der Waals surface area (Å²) in [6.45, 7) is 7.49. The van der Waals surface area contributed by atoms with Gasteiger partial charge in [-0.15, -0.1) is 0 Å². The molecule has 0 bridgehead atoms. The lowest BCUT2D eigenvalue weighted by molar-refractivity contribution is -0.140. The Balaban J connectivity index is 1.62. The van der Waals surface area contributed by atoms with Gasteiger partial charge in [0.25, 0.3) is 0 Å². The summed E-state index contributed by atoms with van der Waals surface area (Å²) in [4.78, 5) is 27.3. The molecule has 0 spiro atoms. The summed E-state index contributed by atoms with van der Waals surface area (Å²) in [5, 5.41) is 3.89. The number of nitrogens with zero attached hydrogens (tertiary/aromatic N) is 1. The predicted octanol–water partition coefficient (Wildman–Crippen LogP) is 4.31. The molecule has 3 rings (SSSR count). The standard InChI is InChI=1S/C22H31ClN2O2/c1-21(2,3)14-19(26)25-13-4-6-18(25)20(27)24-15-22(11-5-12-22)16-7-9-17(23)10-8-16/h7-10,18H,4-6,11-15H2,1-3H3,(H,24,27). The van der Waals surface area contributed by atoms with Crippen molar-refractivity contribution >= 4 is 23.4 Å². The number of halogens is 1. The summed E-state index contributed by atoms with van der Waals surface area (Å²) in [7, 11) is 0. The van der Waals surface area contributed by atoms with Crippen LogP contribution in [-0.4, -0.2) is 35.8 Å². The Kier molecular flexibility index (Phi) is 5.85.